The van der Waals surface area contributed by atoms with Crippen LogP contribution in [0.15, 0.2) is 53.3 Å². The van der Waals surface area contributed by atoms with E-state index in [1.54, 1.807) is 10.8 Å². The molecule has 5 nitrogen and oxygen atoms in total. The molecule has 0 saturated heterocycles. The number of carbonyl (C=O) groups is 1. The Labute approximate surface area is 146 Å². The number of fused-ring (bicyclic) bond motifs is 1. The molecule has 1 amide bonds. The fourth-order valence-electron chi connectivity index (χ4n) is 3.55. The summed E-state index contributed by atoms with van der Waals surface area (Å²) in [5.74, 6) is 1.18. The first-order valence-corrected chi connectivity index (χ1v) is 8.36. The highest BCUT2D eigenvalue weighted by atomic mass is 16.6. The molecule has 1 N–H and O–H groups in total. The predicted molar refractivity (Wildman–Crippen MR) is 94.6 cm³/mol. The van der Waals surface area contributed by atoms with Crippen LogP contribution in [0.5, 0.6) is 5.88 Å². The molecule has 0 aliphatic heterocycles. The van der Waals surface area contributed by atoms with E-state index in [-0.39, 0.29) is 6.04 Å². The number of amides is 1. The van der Waals surface area contributed by atoms with Gasteiger partial charge < -0.3 is 19.0 Å². The summed E-state index contributed by atoms with van der Waals surface area (Å²) >= 11 is 0. The standard InChI is InChI=1S/C20H20N2O3/c1-13-12-22(2)19(18(13)17-8-5-9-24-17)25-20(23)21-16-10-14-6-3-4-7-15(14)11-16/h3-9,12,16H,10-11H2,1-2H3,(H,21,23). The van der Waals surface area contributed by atoms with Gasteiger partial charge in [0.05, 0.1) is 11.8 Å². The third kappa shape index (κ3) is 2.93. The number of aromatic nitrogens is 1. The van der Waals surface area contributed by atoms with Crippen LogP contribution in [0.4, 0.5) is 4.79 Å². The summed E-state index contributed by atoms with van der Waals surface area (Å²) in [5.41, 5.74) is 4.38. The lowest BCUT2D eigenvalue weighted by Crippen LogP contribution is -2.37. The fourth-order valence-corrected chi connectivity index (χ4v) is 3.55. The van der Waals surface area contributed by atoms with Crippen molar-refractivity contribution < 1.29 is 13.9 Å². The lowest BCUT2D eigenvalue weighted by molar-refractivity contribution is 0.193. The molecule has 0 atom stereocenters. The van der Waals surface area contributed by atoms with Gasteiger partial charge in [0.2, 0.25) is 5.88 Å². The van der Waals surface area contributed by atoms with Gasteiger partial charge in [-0.3, -0.25) is 0 Å². The Balaban J connectivity index is 1.49. The molecule has 0 spiro atoms. The number of hydrogen-bond acceptors (Lipinski definition) is 3. The van der Waals surface area contributed by atoms with Gasteiger partial charge in [-0.05, 0) is 48.6 Å². The maximum absolute atomic E-state index is 12.4. The fraction of sp³-hybridized carbons (Fsp3) is 0.250. The number of nitrogens with zero attached hydrogens (tertiary/aromatic N) is 1. The average molecular weight is 336 g/mol. The van der Waals surface area contributed by atoms with Crippen molar-refractivity contribution in [1.29, 1.82) is 0 Å². The van der Waals surface area contributed by atoms with Gasteiger partial charge in [0.1, 0.15) is 5.76 Å². The predicted octanol–water partition coefficient (Wildman–Crippen LogP) is 3.85. The number of benzene rings is 1. The van der Waals surface area contributed by atoms with Gasteiger partial charge in [0.25, 0.3) is 0 Å². The van der Waals surface area contributed by atoms with Crippen molar-refractivity contribution in [2.75, 3.05) is 0 Å². The molecular formula is C20H20N2O3. The van der Waals surface area contributed by atoms with E-state index in [0.29, 0.717) is 11.6 Å². The molecule has 4 rings (SSSR count). The van der Waals surface area contributed by atoms with E-state index in [2.05, 4.69) is 17.4 Å². The van der Waals surface area contributed by atoms with Crippen molar-refractivity contribution in [3.63, 3.8) is 0 Å². The first-order chi connectivity index (χ1) is 12.1. The quantitative estimate of drug-likeness (QED) is 0.790. The van der Waals surface area contributed by atoms with Gasteiger partial charge >= 0.3 is 6.09 Å². The van der Waals surface area contributed by atoms with Gasteiger partial charge in [-0.1, -0.05) is 24.3 Å². The second-order valence-corrected chi connectivity index (χ2v) is 6.49. The SMILES string of the molecule is Cc1cn(C)c(OC(=O)NC2Cc3ccccc3C2)c1-c1ccco1. The van der Waals surface area contributed by atoms with E-state index in [4.69, 9.17) is 9.15 Å². The van der Waals surface area contributed by atoms with Gasteiger partial charge in [-0.25, -0.2) is 4.79 Å². The van der Waals surface area contributed by atoms with E-state index in [1.165, 1.54) is 11.1 Å². The van der Waals surface area contributed by atoms with Crippen molar-refractivity contribution in [2.45, 2.75) is 25.8 Å². The second kappa shape index (κ2) is 6.16. The van der Waals surface area contributed by atoms with Crippen molar-refractivity contribution >= 4 is 6.09 Å². The van der Waals surface area contributed by atoms with Crippen LogP contribution >= 0.6 is 0 Å². The van der Waals surface area contributed by atoms with E-state index >= 15 is 0 Å². The monoisotopic (exact) mass is 336 g/mol. The molecule has 0 saturated carbocycles. The molecule has 1 aliphatic rings. The summed E-state index contributed by atoms with van der Waals surface area (Å²) in [6, 6.07) is 12.0. The minimum absolute atomic E-state index is 0.0679. The number of rotatable bonds is 3. The molecule has 0 radical (unpaired) electrons. The van der Waals surface area contributed by atoms with Crippen LogP contribution in [0.1, 0.15) is 16.7 Å². The number of aryl methyl sites for hydroxylation is 2. The molecular weight excluding hydrogens is 316 g/mol. The van der Waals surface area contributed by atoms with Crippen molar-refractivity contribution in [3.05, 3.63) is 65.5 Å². The Bertz CT molecular complexity index is 884. The highest BCUT2D eigenvalue weighted by Gasteiger charge is 2.25. The summed E-state index contributed by atoms with van der Waals surface area (Å²) in [6.45, 7) is 1.97. The highest BCUT2D eigenvalue weighted by Crippen LogP contribution is 2.35. The smallest absolute Gasteiger partial charge is 0.414 e. The summed E-state index contributed by atoms with van der Waals surface area (Å²) in [6.07, 6.45) is 4.77. The number of ether oxygens (including phenoxy) is 1. The van der Waals surface area contributed by atoms with Gasteiger partial charge in [-0.2, -0.15) is 0 Å². The molecule has 5 heteroatoms. The molecule has 0 fully saturated rings. The minimum Gasteiger partial charge on any atom is -0.464 e. The van der Waals surface area contributed by atoms with Crippen LogP contribution < -0.4 is 10.1 Å². The van der Waals surface area contributed by atoms with Crippen LogP contribution in [0.3, 0.4) is 0 Å². The third-order valence-electron chi connectivity index (χ3n) is 4.65. The number of furan rings is 1. The topological polar surface area (TPSA) is 56.4 Å². The molecule has 128 valence electrons. The number of nitrogens with one attached hydrogen (secondary N) is 1. The number of hydrogen-bond donors (Lipinski definition) is 1. The van der Waals surface area contributed by atoms with E-state index in [9.17, 15) is 4.79 Å². The largest absolute Gasteiger partial charge is 0.464 e. The van der Waals surface area contributed by atoms with Gasteiger partial charge in [0.15, 0.2) is 0 Å². The van der Waals surface area contributed by atoms with Gasteiger partial charge in [-0.15, -0.1) is 0 Å². The van der Waals surface area contributed by atoms with Crippen LogP contribution in [0, 0.1) is 6.92 Å². The van der Waals surface area contributed by atoms with Crippen molar-refractivity contribution in [1.82, 2.24) is 9.88 Å². The molecule has 3 aromatic rings. The van der Waals surface area contributed by atoms with E-state index < -0.39 is 6.09 Å². The zero-order valence-electron chi connectivity index (χ0n) is 14.3. The zero-order valence-corrected chi connectivity index (χ0v) is 14.3. The Morgan fingerprint density at radius 1 is 1.20 bits per heavy atom. The van der Waals surface area contributed by atoms with Crippen LogP contribution in [-0.4, -0.2) is 16.7 Å². The van der Waals surface area contributed by atoms with E-state index in [1.807, 2.05) is 44.4 Å². The molecule has 0 bridgehead atoms. The minimum atomic E-state index is -0.438. The highest BCUT2D eigenvalue weighted by molar-refractivity contribution is 5.76. The maximum Gasteiger partial charge on any atom is 0.414 e. The van der Waals surface area contributed by atoms with Gasteiger partial charge in [0, 0.05) is 19.3 Å². The Hall–Kier alpha value is -2.95. The molecule has 2 aromatic heterocycles. The number of carbonyl (C=O) groups excluding carboxylic acids is 1. The van der Waals surface area contributed by atoms with Crippen LogP contribution in [0.2, 0.25) is 0 Å². The van der Waals surface area contributed by atoms with Crippen molar-refractivity contribution in [3.8, 4) is 17.2 Å². The molecule has 25 heavy (non-hydrogen) atoms. The molecule has 2 heterocycles. The maximum atomic E-state index is 12.4. The average Bonchev–Trinajstić information content (AvgIpc) is 3.27. The summed E-state index contributed by atoms with van der Waals surface area (Å²) < 4.78 is 12.9. The third-order valence-corrected chi connectivity index (χ3v) is 4.65. The molecule has 1 aliphatic carbocycles. The Morgan fingerprint density at radius 3 is 2.56 bits per heavy atom. The Morgan fingerprint density at radius 2 is 1.92 bits per heavy atom. The normalized spacial score (nSPS) is 13.7. The first-order valence-electron chi connectivity index (χ1n) is 8.36. The molecule has 0 unspecified atom stereocenters. The first kappa shape index (κ1) is 15.6. The zero-order chi connectivity index (χ0) is 17.4. The summed E-state index contributed by atoms with van der Waals surface area (Å²) in [5, 5.41) is 2.98. The summed E-state index contributed by atoms with van der Waals surface area (Å²) in [7, 11) is 1.85. The second-order valence-electron chi connectivity index (χ2n) is 6.49. The lowest BCUT2D eigenvalue weighted by atomic mass is 10.1. The molecule has 1 aromatic carbocycles. The lowest BCUT2D eigenvalue weighted by Gasteiger charge is -2.13. The van der Waals surface area contributed by atoms with Crippen molar-refractivity contribution in [2.24, 2.45) is 7.05 Å². The van der Waals surface area contributed by atoms with Crippen LogP contribution in [-0.2, 0) is 19.9 Å². The van der Waals surface area contributed by atoms with E-state index in [0.717, 1.165) is 24.0 Å². The Kier molecular flexibility index (Phi) is 3.84. The summed E-state index contributed by atoms with van der Waals surface area (Å²) in [4.78, 5) is 12.4. The van der Waals surface area contributed by atoms with Crippen LogP contribution in [0.25, 0.3) is 11.3 Å².